The van der Waals surface area contributed by atoms with E-state index in [9.17, 15) is 4.79 Å². The van der Waals surface area contributed by atoms with Gasteiger partial charge in [-0.1, -0.05) is 30.3 Å². The van der Waals surface area contributed by atoms with Crippen molar-refractivity contribution in [3.05, 3.63) is 57.6 Å². The molecule has 0 spiro atoms. The molecule has 1 nitrogen and oxygen atoms in total. The first-order valence-corrected chi connectivity index (χ1v) is 5.99. The van der Waals surface area contributed by atoms with E-state index in [-0.39, 0.29) is 5.43 Å². The van der Waals surface area contributed by atoms with Crippen LogP contribution in [0.5, 0.6) is 0 Å². The van der Waals surface area contributed by atoms with Gasteiger partial charge in [-0.15, -0.1) is 11.3 Å². The molecule has 2 heteroatoms. The third-order valence-electron chi connectivity index (χ3n) is 2.75. The zero-order chi connectivity index (χ0) is 11.1. The number of hydrogen-bond acceptors (Lipinski definition) is 2. The molecule has 0 aliphatic rings. The Bertz CT molecular complexity index is 740. The number of fused-ring (bicyclic) bond motifs is 2. The highest BCUT2D eigenvalue weighted by molar-refractivity contribution is 7.19. The lowest BCUT2D eigenvalue weighted by Gasteiger charge is -1.88. The second kappa shape index (κ2) is 3.42. The molecule has 0 amide bonds. The van der Waals surface area contributed by atoms with Gasteiger partial charge in [0.05, 0.1) is 0 Å². The van der Waals surface area contributed by atoms with Crippen molar-refractivity contribution in [2.75, 3.05) is 0 Å². The summed E-state index contributed by atoms with van der Waals surface area (Å²) < 4.78 is 1.07. The first-order chi connectivity index (χ1) is 7.75. The molecule has 0 saturated heterocycles. The average Bonchev–Trinajstić information content (AvgIpc) is 2.62. The molecule has 0 atom stereocenters. The lowest BCUT2D eigenvalue weighted by molar-refractivity contribution is 1.65. The Labute approximate surface area is 97.0 Å². The third kappa shape index (κ3) is 1.34. The van der Waals surface area contributed by atoms with Crippen molar-refractivity contribution < 1.29 is 0 Å². The van der Waals surface area contributed by atoms with Gasteiger partial charge in [-0.05, 0) is 24.4 Å². The number of aryl methyl sites for hydroxylation is 1. The number of rotatable bonds is 0. The van der Waals surface area contributed by atoms with Crippen LogP contribution in [0.25, 0.3) is 20.9 Å². The molecule has 0 radical (unpaired) electrons. The van der Waals surface area contributed by atoms with Crippen molar-refractivity contribution in [3.8, 4) is 0 Å². The Kier molecular flexibility index (Phi) is 2.04. The number of benzene rings is 1. The first-order valence-electron chi connectivity index (χ1n) is 5.18. The Morgan fingerprint density at radius 3 is 2.69 bits per heavy atom. The predicted octanol–water partition coefficient (Wildman–Crippen LogP) is 3.72. The van der Waals surface area contributed by atoms with Crippen molar-refractivity contribution in [1.82, 2.24) is 0 Å². The van der Waals surface area contributed by atoms with E-state index in [1.54, 1.807) is 11.3 Å². The van der Waals surface area contributed by atoms with Gasteiger partial charge in [-0.3, -0.25) is 4.79 Å². The molecule has 3 rings (SSSR count). The van der Waals surface area contributed by atoms with E-state index in [1.807, 2.05) is 49.4 Å². The summed E-state index contributed by atoms with van der Waals surface area (Å²) in [5, 5.41) is 2.65. The summed E-state index contributed by atoms with van der Waals surface area (Å²) in [6.07, 6.45) is 0. The fourth-order valence-electron chi connectivity index (χ4n) is 1.99. The number of thiophene rings is 1. The van der Waals surface area contributed by atoms with Gasteiger partial charge in [0.2, 0.25) is 0 Å². The minimum atomic E-state index is 0.139. The van der Waals surface area contributed by atoms with Gasteiger partial charge >= 0.3 is 0 Å². The SMILES string of the molecule is Cc1cc2c(=O)c3ccccc3ccc2s1. The molecule has 1 heterocycles. The molecule has 0 bridgehead atoms. The molecule has 78 valence electrons. The third-order valence-corrected chi connectivity index (χ3v) is 3.76. The summed E-state index contributed by atoms with van der Waals surface area (Å²) in [5.74, 6) is 0. The Morgan fingerprint density at radius 1 is 1.00 bits per heavy atom. The lowest BCUT2D eigenvalue weighted by atomic mass is 10.2. The highest BCUT2D eigenvalue weighted by Gasteiger charge is 2.03. The van der Waals surface area contributed by atoms with E-state index in [4.69, 9.17) is 0 Å². The minimum absolute atomic E-state index is 0.139. The van der Waals surface area contributed by atoms with Crippen LogP contribution >= 0.6 is 11.3 Å². The molecule has 16 heavy (non-hydrogen) atoms. The van der Waals surface area contributed by atoms with Crippen LogP contribution in [0.4, 0.5) is 0 Å². The maximum absolute atomic E-state index is 12.3. The molecule has 0 aliphatic carbocycles. The van der Waals surface area contributed by atoms with Gasteiger partial charge in [-0.2, -0.15) is 0 Å². The van der Waals surface area contributed by atoms with E-state index < -0.39 is 0 Å². The Hall–Kier alpha value is -1.67. The summed E-state index contributed by atoms with van der Waals surface area (Å²) in [5.41, 5.74) is 0.139. The van der Waals surface area contributed by atoms with Crippen LogP contribution < -0.4 is 5.43 Å². The van der Waals surface area contributed by atoms with Crippen LogP contribution in [0.15, 0.2) is 47.3 Å². The van der Waals surface area contributed by atoms with Crippen molar-refractivity contribution in [1.29, 1.82) is 0 Å². The highest BCUT2D eigenvalue weighted by atomic mass is 32.1. The smallest absolute Gasteiger partial charge is 0.195 e. The Morgan fingerprint density at radius 2 is 1.81 bits per heavy atom. The van der Waals surface area contributed by atoms with Crippen LogP contribution in [0.3, 0.4) is 0 Å². The monoisotopic (exact) mass is 226 g/mol. The second-order valence-electron chi connectivity index (χ2n) is 3.88. The maximum atomic E-state index is 12.3. The fraction of sp³-hybridized carbons (Fsp3) is 0.0714. The first kappa shape index (κ1) is 9.55. The highest BCUT2D eigenvalue weighted by Crippen LogP contribution is 2.23. The van der Waals surface area contributed by atoms with Gasteiger partial charge in [0, 0.05) is 20.3 Å². The largest absolute Gasteiger partial charge is 0.289 e. The summed E-state index contributed by atoms with van der Waals surface area (Å²) in [6, 6.07) is 13.8. The fourth-order valence-corrected chi connectivity index (χ4v) is 2.91. The van der Waals surface area contributed by atoms with Crippen LogP contribution in [-0.2, 0) is 0 Å². The molecule has 0 unspecified atom stereocenters. The van der Waals surface area contributed by atoms with Gasteiger partial charge in [0.1, 0.15) is 0 Å². The average molecular weight is 226 g/mol. The summed E-state index contributed by atoms with van der Waals surface area (Å²) in [7, 11) is 0. The van der Waals surface area contributed by atoms with Crippen LogP contribution in [-0.4, -0.2) is 0 Å². The van der Waals surface area contributed by atoms with Gasteiger partial charge < -0.3 is 0 Å². The van der Waals surface area contributed by atoms with Gasteiger partial charge in [0.15, 0.2) is 5.43 Å². The summed E-state index contributed by atoms with van der Waals surface area (Å²) in [6.45, 7) is 2.03. The molecule has 2 aromatic carbocycles. The molecule has 0 saturated carbocycles. The van der Waals surface area contributed by atoms with E-state index >= 15 is 0 Å². The van der Waals surface area contributed by atoms with E-state index in [2.05, 4.69) is 0 Å². The van der Waals surface area contributed by atoms with Gasteiger partial charge in [0.25, 0.3) is 0 Å². The van der Waals surface area contributed by atoms with E-state index in [0.717, 1.165) is 20.9 Å². The van der Waals surface area contributed by atoms with Crippen molar-refractivity contribution in [2.24, 2.45) is 0 Å². The topological polar surface area (TPSA) is 17.1 Å². The second-order valence-corrected chi connectivity index (χ2v) is 5.17. The molecular weight excluding hydrogens is 216 g/mol. The zero-order valence-electron chi connectivity index (χ0n) is 8.86. The van der Waals surface area contributed by atoms with Crippen molar-refractivity contribution in [2.45, 2.75) is 6.92 Å². The normalized spacial score (nSPS) is 11.1. The molecule has 0 fully saturated rings. The molecule has 0 N–H and O–H groups in total. The van der Waals surface area contributed by atoms with E-state index in [0.29, 0.717) is 0 Å². The maximum Gasteiger partial charge on any atom is 0.195 e. The van der Waals surface area contributed by atoms with Crippen LogP contribution in [0.1, 0.15) is 4.88 Å². The minimum Gasteiger partial charge on any atom is -0.289 e. The zero-order valence-corrected chi connectivity index (χ0v) is 9.67. The molecule has 3 aromatic rings. The summed E-state index contributed by atoms with van der Waals surface area (Å²) in [4.78, 5) is 13.5. The van der Waals surface area contributed by atoms with Crippen molar-refractivity contribution >= 4 is 32.2 Å². The molecule has 1 aromatic heterocycles. The predicted molar refractivity (Wildman–Crippen MR) is 70.3 cm³/mol. The van der Waals surface area contributed by atoms with Crippen LogP contribution in [0.2, 0.25) is 0 Å². The quantitative estimate of drug-likeness (QED) is 0.571. The number of hydrogen-bond donors (Lipinski definition) is 0. The van der Waals surface area contributed by atoms with Crippen LogP contribution in [0, 0.1) is 6.92 Å². The standard InChI is InChI=1S/C14H10OS/c1-9-8-12-13(16-9)7-6-10-4-2-3-5-11(10)14(12)15/h2-8H,1H3. The molecule has 0 aliphatic heterocycles. The Balaban J connectivity index is 2.66. The van der Waals surface area contributed by atoms with Crippen molar-refractivity contribution in [3.63, 3.8) is 0 Å². The van der Waals surface area contributed by atoms with E-state index in [1.165, 1.54) is 4.88 Å². The van der Waals surface area contributed by atoms with Gasteiger partial charge in [-0.25, -0.2) is 0 Å². The summed E-state index contributed by atoms with van der Waals surface area (Å²) >= 11 is 1.67. The lowest BCUT2D eigenvalue weighted by Crippen LogP contribution is -1.96. The molecular formula is C14H10OS.